The van der Waals surface area contributed by atoms with Gasteiger partial charge in [0.05, 0.1) is 0 Å². The number of rotatable bonds is 5. The Morgan fingerprint density at radius 1 is 1.47 bits per heavy atom. The van der Waals surface area contributed by atoms with E-state index < -0.39 is 0 Å². The summed E-state index contributed by atoms with van der Waals surface area (Å²) in [5, 5.41) is 0.651. The van der Waals surface area contributed by atoms with Gasteiger partial charge in [-0.15, -0.1) is 0 Å². The minimum absolute atomic E-state index is 0.0405. The Morgan fingerprint density at radius 3 is 2.67 bits per heavy atom. The van der Waals surface area contributed by atoms with E-state index in [0.717, 1.165) is 12.0 Å². The van der Waals surface area contributed by atoms with E-state index in [0.29, 0.717) is 18.0 Å². The van der Waals surface area contributed by atoms with Crippen LogP contribution in [0.25, 0.3) is 0 Å². The monoisotopic (exact) mass is 225 g/mol. The van der Waals surface area contributed by atoms with Crippen molar-refractivity contribution in [1.29, 1.82) is 0 Å². The summed E-state index contributed by atoms with van der Waals surface area (Å²) in [5.74, 6) is 0.134. The first-order valence-electron chi connectivity index (χ1n) is 5.15. The van der Waals surface area contributed by atoms with Crippen molar-refractivity contribution in [2.24, 2.45) is 11.7 Å². The molecule has 2 nitrogen and oxygen atoms in total. The molecule has 1 rings (SSSR count). The van der Waals surface area contributed by atoms with Gasteiger partial charge in [-0.25, -0.2) is 0 Å². The van der Waals surface area contributed by atoms with Crippen molar-refractivity contribution in [2.45, 2.75) is 19.8 Å². The average molecular weight is 226 g/mol. The Hall–Kier alpha value is -0.860. The Morgan fingerprint density at radius 2 is 2.13 bits per heavy atom. The zero-order valence-corrected chi connectivity index (χ0v) is 9.63. The van der Waals surface area contributed by atoms with Crippen molar-refractivity contribution >= 4 is 17.4 Å². The molecule has 3 heteroatoms. The molecule has 0 aliphatic heterocycles. The molecule has 0 aliphatic carbocycles. The second-order valence-electron chi connectivity index (χ2n) is 3.58. The molecule has 1 unspecified atom stereocenters. The lowest BCUT2D eigenvalue weighted by molar-refractivity contribution is -0.122. The van der Waals surface area contributed by atoms with Gasteiger partial charge in [0.15, 0.2) is 0 Å². The molecule has 0 fully saturated rings. The maximum absolute atomic E-state index is 11.8. The van der Waals surface area contributed by atoms with E-state index in [1.807, 2.05) is 25.1 Å². The summed E-state index contributed by atoms with van der Waals surface area (Å²) in [6.45, 7) is 2.39. The molecular formula is C12H16ClNO. The molecule has 1 aromatic carbocycles. The lowest BCUT2D eigenvalue weighted by Gasteiger charge is -2.11. The average Bonchev–Trinajstić information content (AvgIpc) is 2.23. The van der Waals surface area contributed by atoms with Gasteiger partial charge in [0, 0.05) is 23.9 Å². The third-order valence-corrected chi connectivity index (χ3v) is 2.92. The van der Waals surface area contributed by atoms with E-state index >= 15 is 0 Å². The van der Waals surface area contributed by atoms with E-state index in [1.54, 1.807) is 6.07 Å². The van der Waals surface area contributed by atoms with Crippen molar-refractivity contribution in [2.75, 3.05) is 6.54 Å². The van der Waals surface area contributed by atoms with Gasteiger partial charge in [0.25, 0.3) is 0 Å². The van der Waals surface area contributed by atoms with Crippen LogP contribution in [0, 0.1) is 5.92 Å². The van der Waals surface area contributed by atoms with Crippen LogP contribution in [-0.2, 0) is 11.2 Å². The maximum atomic E-state index is 11.8. The molecule has 0 amide bonds. The zero-order chi connectivity index (χ0) is 11.3. The highest BCUT2D eigenvalue weighted by molar-refractivity contribution is 6.31. The number of hydrogen-bond donors (Lipinski definition) is 1. The van der Waals surface area contributed by atoms with Gasteiger partial charge in [-0.1, -0.05) is 36.7 Å². The van der Waals surface area contributed by atoms with E-state index in [9.17, 15) is 4.79 Å². The predicted molar refractivity (Wildman–Crippen MR) is 63.0 cm³/mol. The number of carbonyl (C=O) groups excluding carboxylic acids is 1. The minimum atomic E-state index is -0.0405. The van der Waals surface area contributed by atoms with E-state index in [-0.39, 0.29) is 11.7 Å². The Kier molecular flexibility index (Phi) is 4.79. The van der Waals surface area contributed by atoms with Gasteiger partial charge < -0.3 is 5.73 Å². The van der Waals surface area contributed by atoms with Crippen LogP contribution in [0.1, 0.15) is 18.9 Å². The topological polar surface area (TPSA) is 43.1 Å². The normalized spacial score (nSPS) is 12.5. The van der Waals surface area contributed by atoms with Gasteiger partial charge in [-0.05, 0) is 18.1 Å². The highest BCUT2D eigenvalue weighted by Crippen LogP contribution is 2.17. The molecule has 0 bridgehead atoms. The van der Waals surface area contributed by atoms with Crippen molar-refractivity contribution in [3.8, 4) is 0 Å². The third kappa shape index (κ3) is 3.33. The summed E-state index contributed by atoms with van der Waals surface area (Å²) in [4.78, 5) is 11.8. The second kappa shape index (κ2) is 5.89. The Balaban J connectivity index is 2.70. The summed E-state index contributed by atoms with van der Waals surface area (Å²) in [6, 6.07) is 7.42. The van der Waals surface area contributed by atoms with Crippen LogP contribution < -0.4 is 5.73 Å². The van der Waals surface area contributed by atoms with Gasteiger partial charge >= 0.3 is 0 Å². The number of carbonyl (C=O) groups is 1. The van der Waals surface area contributed by atoms with Crippen LogP contribution in [0.3, 0.4) is 0 Å². The molecule has 0 spiro atoms. The highest BCUT2D eigenvalue weighted by atomic mass is 35.5. The van der Waals surface area contributed by atoms with Gasteiger partial charge in [-0.3, -0.25) is 4.79 Å². The molecule has 0 saturated heterocycles. The molecule has 0 aliphatic rings. The van der Waals surface area contributed by atoms with Crippen molar-refractivity contribution < 1.29 is 4.79 Å². The Labute approximate surface area is 95.4 Å². The summed E-state index contributed by atoms with van der Waals surface area (Å²) in [5.41, 5.74) is 6.41. The van der Waals surface area contributed by atoms with Crippen LogP contribution in [0.5, 0.6) is 0 Å². The highest BCUT2D eigenvalue weighted by Gasteiger charge is 2.15. The molecule has 82 valence electrons. The number of ketones is 1. The minimum Gasteiger partial charge on any atom is -0.330 e. The molecular weight excluding hydrogens is 210 g/mol. The van der Waals surface area contributed by atoms with Crippen LogP contribution in [0.2, 0.25) is 5.02 Å². The maximum Gasteiger partial charge on any atom is 0.141 e. The number of hydrogen-bond acceptors (Lipinski definition) is 2. The molecule has 0 aromatic heterocycles. The van der Waals surface area contributed by atoms with Crippen molar-refractivity contribution in [3.63, 3.8) is 0 Å². The van der Waals surface area contributed by atoms with Crippen LogP contribution in [-0.4, -0.2) is 12.3 Å². The quantitative estimate of drug-likeness (QED) is 0.837. The van der Waals surface area contributed by atoms with Gasteiger partial charge in [0.2, 0.25) is 0 Å². The molecule has 0 heterocycles. The molecule has 15 heavy (non-hydrogen) atoms. The second-order valence-corrected chi connectivity index (χ2v) is 3.98. The summed E-state index contributed by atoms with van der Waals surface area (Å²) in [6.07, 6.45) is 1.18. The number of halogens is 1. The lowest BCUT2D eigenvalue weighted by Crippen LogP contribution is -2.24. The predicted octanol–water partition coefficient (Wildman–Crippen LogP) is 2.44. The third-order valence-electron chi connectivity index (χ3n) is 2.56. The van der Waals surface area contributed by atoms with E-state index in [4.69, 9.17) is 17.3 Å². The van der Waals surface area contributed by atoms with Gasteiger partial charge in [-0.2, -0.15) is 0 Å². The summed E-state index contributed by atoms with van der Waals surface area (Å²) in [7, 11) is 0. The molecule has 1 atom stereocenters. The number of benzene rings is 1. The van der Waals surface area contributed by atoms with Gasteiger partial charge in [0.1, 0.15) is 5.78 Å². The molecule has 0 saturated carbocycles. The Bertz CT molecular complexity index is 334. The van der Waals surface area contributed by atoms with Crippen molar-refractivity contribution in [1.82, 2.24) is 0 Å². The largest absolute Gasteiger partial charge is 0.330 e. The SMILES string of the molecule is CCC(CN)C(=O)Cc1ccccc1Cl. The summed E-state index contributed by atoms with van der Waals surface area (Å²) >= 11 is 5.98. The fourth-order valence-corrected chi connectivity index (χ4v) is 1.70. The van der Waals surface area contributed by atoms with Crippen LogP contribution in [0.15, 0.2) is 24.3 Å². The number of Topliss-reactive ketones (excluding diaryl/α,β-unsaturated/α-hetero) is 1. The first-order valence-corrected chi connectivity index (χ1v) is 5.53. The fraction of sp³-hybridized carbons (Fsp3) is 0.417. The molecule has 1 aromatic rings. The summed E-state index contributed by atoms with van der Waals surface area (Å²) < 4.78 is 0. The smallest absolute Gasteiger partial charge is 0.141 e. The van der Waals surface area contributed by atoms with E-state index in [2.05, 4.69) is 0 Å². The fourth-order valence-electron chi connectivity index (χ4n) is 1.50. The molecule has 2 N–H and O–H groups in total. The zero-order valence-electron chi connectivity index (χ0n) is 8.87. The molecule has 0 radical (unpaired) electrons. The lowest BCUT2D eigenvalue weighted by atomic mass is 9.96. The van der Waals surface area contributed by atoms with Crippen molar-refractivity contribution in [3.05, 3.63) is 34.9 Å². The first kappa shape index (κ1) is 12.2. The van der Waals surface area contributed by atoms with E-state index in [1.165, 1.54) is 0 Å². The first-order chi connectivity index (χ1) is 7.19. The number of nitrogens with two attached hydrogens (primary N) is 1. The van der Waals surface area contributed by atoms with Crippen LogP contribution >= 0.6 is 11.6 Å². The van der Waals surface area contributed by atoms with Crippen LogP contribution in [0.4, 0.5) is 0 Å². The standard InChI is InChI=1S/C12H16ClNO/c1-2-9(8-14)12(15)7-10-5-3-4-6-11(10)13/h3-6,9H,2,7-8,14H2,1H3.